The first-order valence-corrected chi connectivity index (χ1v) is 8.45. The Morgan fingerprint density at radius 2 is 2.22 bits per heavy atom. The topological polar surface area (TPSA) is 71.7 Å². The van der Waals surface area contributed by atoms with E-state index in [0.717, 1.165) is 18.0 Å². The van der Waals surface area contributed by atoms with E-state index in [1.165, 1.54) is 7.11 Å². The zero-order valence-corrected chi connectivity index (χ0v) is 14.1. The summed E-state index contributed by atoms with van der Waals surface area (Å²) in [4.78, 5) is 21.4. The highest BCUT2D eigenvalue weighted by Gasteiger charge is 2.27. The van der Waals surface area contributed by atoms with Gasteiger partial charge in [-0.1, -0.05) is 11.2 Å². The molecule has 8 heteroatoms. The highest BCUT2D eigenvalue weighted by Crippen LogP contribution is 2.25. The zero-order valence-electron chi connectivity index (χ0n) is 13.3. The summed E-state index contributed by atoms with van der Waals surface area (Å²) < 4.78 is 10.3. The average Bonchev–Trinajstić information content (AvgIpc) is 3.25. The predicted molar refractivity (Wildman–Crippen MR) is 86.1 cm³/mol. The van der Waals surface area contributed by atoms with Crippen molar-refractivity contribution in [2.75, 3.05) is 39.9 Å². The summed E-state index contributed by atoms with van der Waals surface area (Å²) in [5, 5.41) is 6.05. The first kappa shape index (κ1) is 16.1. The molecule has 0 radical (unpaired) electrons. The van der Waals surface area contributed by atoms with Crippen LogP contribution in [0.1, 0.15) is 18.9 Å². The number of nitrogens with zero attached hydrogens (tertiary/aromatic N) is 4. The van der Waals surface area contributed by atoms with Gasteiger partial charge in [0.2, 0.25) is 17.6 Å². The van der Waals surface area contributed by atoms with Gasteiger partial charge in [-0.15, -0.1) is 11.3 Å². The average molecular weight is 336 g/mol. The molecule has 0 N–H and O–H groups in total. The molecule has 1 aliphatic heterocycles. The number of amides is 1. The Morgan fingerprint density at radius 1 is 1.43 bits per heavy atom. The molecule has 0 aromatic carbocycles. The maximum Gasteiger partial charge on any atom is 0.248 e. The fraction of sp³-hybridized carbons (Fsp3) is 0.533. The van der Waals surface area contributed by atoms with Crippen LogP contribution >= 0.6 is 11.3 Å². The lowest BCUT2D eigenvalue weighted by molar-refractivity contribution is -0.137. The van der Waals surface area contributed by atoms with Gasteiger partial charge in [-0.3, -0.25) is 9.69 Å². The number of thiophene rings is 1. The zero-order chi connectivity index (χ0) is 16.2. The van der Waals surface area contributed by atoms with Crippen molar-refractivity contribution in [2.45, 2.75) is 13.0 Å². The van der Waals surface area contributed by atoms with Gasteiger partial charge in [0, 0.05) is 33.3 Å². The number of carbonyl (C=O) groups excluding carboxylic acids is 1. The van der Waals surface area contributed by atoms with Gasteiger partial charge in [-0.05, 0) is 18.4 Å². The largest absolute Gasteiger partial charge is 0.375 e. The lowest BCUT2D eigenvalue weighted by Gasteiger charge is -2.36. The highest BCUT2D eigenvalue weighted by molar-refractivity contribution is 7.13. The summed E-state index contributed by atoms with van der Waals surface area (Å²) in [5.41, 5.74) is 0. The molecule has 0 unspecified atom stereocenters. The van der Waals surface area contributed by atoms with Gasteiger partial charge in [0.25, 0.3) is 0 Å². The van der Waals surface area contributed by atoms with Gasteiger partial charge in [0.05, 0.1) is 10.9 Å². The second-order valence-corrected chi connectivity index (χ2v) is 6.41. The van der Waals surface area contributed by atoms with Gasteiger partial charge < -0.3 is 14.2 Å². The third kappa shape index (κ3) is 3.60. The molecule has 2 aromatic heterocycles. The van der Waals surface area contributed by atoms with Crippen molar-refractivity contribution >= 4 is 17.2 Å². The molecule has 1 aliphatic rings. The lowest BCUT2D eigenvalue weighted by atomic mass is 10.2. The van der Waals surface area contributed by atoms with Crippen molar-refractivity contribution in [3.8, 4) is 10.7 Å². The van der Waals surface area contributed by atoms with Crippen LogP contribution in [-0.4, -0.2) is 65.7 Å². The number of hydrogen-bond acceptors (Lipinski definition) is 7. The lowest BCUT2D eigenvalue weighted by Crippen LogP contribution is -2.50. The Kier molecular flexibility index (Phi) is 5.04. The van der Waals surface area contributed by atoms with E-state index in [0.29, 0.717) is 24.8 Å². The summed E-state index contributed by atoms with van der Waals surface area (Å²) in [6.07, 6.45) is 0. The molecule has 0 aliphatic carbocycles. The maximum atomic E-state index is 11.8. The second kappa shape index (κ2) is 7.20. The van der Waals surface area contributed by atoms with E-state index in [2.05, 4.69) is 22.0 Å². The molecule has 1 amide bonds. The Labute approximate surface area is 138 Å². The minimum absolute atomic E-state index is 0.0379. The van der Waals surface area contributed by atoms with Crippen LogP contribution in [0.15, 0.2) is 22.0 Å². The highest BCUT2D eigenvalue weighted by atomic mass is 32.1. The van der Waals surface area contributed by atoms with Gasteiger partial charge >= 0.3 is 0 Å². The third-order valence-corrected chi connectivity index (χ3v) is 4.89. The summed E-state index contributed by atoms with van der Waals surface area (Å²) in [7, 11) is 1.54. The van der Waals surface area contributed by atoms with Crippen molar-refractivity contribution < 1.29 is 14.1 Å². The molecule has 1 saturated heterocycles. The molecule has 3 heterocycles. The Hall–Kier alpha value is -1.77. The Balaban J connectivity index is 1.59. The van der Waals surface area contributed by atoms with Crippen molar-refractivity contribution in [3.63, 3.8) is 0 Å². The fourth-order valence-electron chi connectivity index (χ4n) is 2.64. The van der Waals surface area contributed by atoms with E-state index in [-0.39, 0.29) is 18.6 Å². The Bertz CT molecular complexity index is 635. The van der Waals surface area contributed by atoms with Crippen molar-refractivity contribution in [2.24, 2.45) is 0 Å². The summed E-state index contributed by atoms with van der Waals surface area (Å²) in [5.74, 6) is 1.29. The molecular weight excluding hydrogens is 316 g/mol. The molecular formula is C15H20N4O3S. The van der Waals surface area contributed by atoms with Gasteiger partial charge in [0.15, 0.2) is 0 Å². The van der Waals surface area contributed by atoms with Crippen LogP contribution in [0.25, 0.3) is 10.7 Å². The fourth-order valence-corrected chi connectivity index (χ4v) is 3.29. The summed E-state index contributed by atoms with van der Waals surface area (Å²) in [6, 6.07) is 3.98. The van der Waals surface area contributed by atoms with Crippen LogP contribution in [0.5, 0.6) is 0 Å². The molecule has 0 spiro atoms. The van der Waals surface area contributed by atoms with Gasteiger partial charge in [-0.2, -0.15) is 4.98 Å². The number of carbonyl (C=O) groups is 1. The molecule has 1 atom stereocenters. The molecule has 0 saturated carbocycles. The van der Waals surface area contributed by atoms with E-state index in [9.17, 15) is 4.79 Å². The Morgan fingerprint density at radius 3 is 2.87 bits per heavy atom. The van der Waals surface area contributed by atoms with Crippen molar-refractivity contribution in [3.05, 3.63) is 23.4 Å². The number of methoxy groups -OCH3 is 1. The second-order valence-electron chi connectivity index (χ2n) is 5.46. The van der Waals surface area contributed by atoms with Crippen LogP contribution in [0.4, 0.5) is 0 Å². The number of aromatic nitrogens is 2. The molecule has 23 heavy (non-hydrogen) atoms. The molecule has 7 nitrogen and oxygen atoms in total. The van der Waals surface area contributed by atoms with E-state index in [4.69, 9.17) is 9.26 Å². The minimum atomic E-state index is 0.0379. The number of hydrogen-bond donors (Lipinski definition) is 0. The summed E-state index contributed by atoms with van der Waals surface area (Å²) in [6.45, 7) is 5.15. The minimum Gasteiger partial charge on any atom is -0.375 e. The van der Waals surface area contributed by atoms with Crippen LogP contribution in [-0.2, 0) is 9.53 Å². The monoisotopic (exact) mass is 336 g/mol. The van der Waals surface area contributed by atoms with Gasteiger partial charge in [0.1, 0.15) is 6.61 Å². The van der Waals surface area contributed by atoms with E-state index >= 15 is 0 Å². The first-order chi connectivity index (χ1) is 11.2. The number of ether oxygens (including phenoxy) is 1. The van der Waals surface area contributed by atoms with E-state index in [1.54, 1.807) is 11.3 Å². The van der Waals surface area contributed by atoms with Crippen molar-refractivity contribution in [1.29, 1.82) is 0 Å². The number of rotatable bonds is 5. The first-order valence-electron chi connectivity index (χ1n) is 7.57. The summed E-state index contributed by atoms with van der Waals surface area (Å²) >= 11 is 1.59. The van der Waals surface area contributed by atoms with E-state index < -0.39 is 0 Å². The number of piperazine rings is 1. The third-order valence-electron chi connectivity index (χ3n) is 4.02. The van der Waals surface area contributed by atoms with Crippen molar-refractivity contribution in [1.82, 2.24) is 19.9 Å². The predicted octanol–water partition coefficient (Wildman–Crippen LogP) is 1.65. The quantitative estimate of drug-likeness (QED) is 0.827. The molecule has 0 bridgehead atoms. The normalized spacial score (nSPS) is 17.4. The van der Waals surface area contributed by atoms with Crippen LogP contribution < -0.4 is 0 Å². The van der Waals surface area contributed by atoms with Crippen LogP contribution in [0, 0.1) is 0 Å². The smallest absolute Gasteiger partial charge is 0.248 e. The maximum absolute atomic E-state index is 11.8. The SMILES string of the molecule is COCC(=O)N1CCN([C@@H](C)c2nc(-c3cccs3)no2)CC1. The van der Waals surface area contributed by atoms with Crippen LogP contribution in [0.3, 0.4) is 0 Å². The molecule has 3 rings (SSSR count). The van der Waals surface area contributed by atoms with Crippen LogP contribution in [0.2, 0.25) is 0 Å². The standard InChI is InChI=1S/C15H20N4O3S/c1-11(15-16-14(17-22-15)12-4-3-9-23-12)18-5-7-19(8-6-18)13(20)10-21-2/h3-4,9,11H,5-8,10H2,1-2H3/t11-/m0/s1. The molecule has 2 aromatic rings. The molecule has 124 valence electrons. The molecule has 1 fully saturated rings. The van der Waals surface area contributed by atoms with E-state index in [1.807, 2.05) is 22.4 Å². The van der Waals surface area contributed by atoms with Gasteiger partial charge in [-0.25, -0.2) is 0 Å².